The number of ether oxygens (including phenoxy) is 1. The number of benzene rings is 3. The van der Waals surface area contributed by atoms with Crippen molar-refractivity contribution in [3.8, 4) is 17.2 Å². The first-order chi connectivity index (χ1) is 16.0. The molecule has 1 heterocycles. The van der Waals surface area contributed by atoms with E-state index in [2.05, 4.69) is 16.6 Å². The number of para-hydroxylation sites is 2. The molecule has 1 unspecified atom stereocenters. The SMILES string of the molecule is COc1ccc(CN2CCCC(C)/C2=N\P(=O)(Oc2ccccc2)Oc2ccccc2)cc1. The standard InChI is InChI=1S/C26H29N2O4P/c1-21-10-9-19-28(20-22-15-17-23(30-2)18-16-22)26(21)27-33(29,31-24-11-5-3-6-12-24)32-25-13-7-4-8-14-25/h3-8,11-18,21H,9-10,19-20H2,1-2H3/b27-26+. The van der Waals surface area contributed by atoms with Crippen LogP contribution in [-0.2, 0) is 11.1 Å². The summed E-state index contributed by atoms with van der Waals surface area (Å²) in [5.74, 6) is 2.59. The first-order valence-corrected chi connectivity index (χ1v) is 12.6. The second-order valence-corrected chi connectivity index (χ2v) is 9.55. The summed E-state index contributed by atoms with van der Waals surface area (Å²) in [6, 6.07) is 26.0. The van der Waals surface area contributed by atoms with E-state index in [-0.39, 0.29) is 5.92 Å². The highest BCUT2D eigenvalue weighted by molar-refractivity contribution is 7.53. The molecule has 1 fully saturated rings. The Kier molecular flexibility index (Phi) is 7.36. The predicted molar refractivity (Wildman–Crippen MR) is 131 cm³/mol. The van der Waals surface area contributed by atoms with Gasteiger partial charge in [0.25, 0.3) is 0 Å². The maximum atomic E-state index is 14.0. The van der Waals surface area contributed by atoms with Gasteiger partial charge in [-0.25, -0.2) is 4.57 Å². The first kappa shape index (κ1) is 22.9. The minimum atomic E-state index is -3.90. The molecule has 1 atom stereocenters. The molecule has 172 valence electrons. The third-order valence-corrected chi connectivity index (χ3v) is 6.85. The fourth-order valence-corrected chi connectivity index (χ4v) is 5.30. The molecule has 7 heteroatoms. The number of likely N-dealkylation sites (tertiary alicyclic amines) is 1. The highest BCUT2D eigenvalue weighted by Crippen LogP contribution is 2.51. The van der Waals surface area contributed by atoms with Gasteiger partial charge in [0, 0.05) is 19.0 Å². The van der Waals surface area contributed by atoms with Crippen LogP contribution < -0.4 is 13.8 Å². The maximum absolute atomic E-state index is 14.0. The molecule has 3 aromatic carbocycles. The van der Waals surface area contributed by atoms with Gasteiger partial charge in [-0.05, 0) is 54.8 Å². The topological polar surface area (TPSA) is 60.4 Å². The number of amidine groups is 1. The summed E-state index contributed by atoms with van der Waals surface area (Å²) in [4.78, 5) is 2.17. The van der Waals surface area contributed by atoms with E-state index < -0.39 is 7.75 Å². The first-order valence-electron chi connectivity index (χ1n) is 11.1. The van der Waals surface area contributed by atoms with E-state index in [9.17, 15) is 4.57 Å². The fraction of sp³-hybridized carbons (Fsp3) is 0.269. The zero-order valence-corrected chi connectivity index (χ0v) is 19.9. The van der Waals surface area contributed by atoms with Crippen molar-refractivity contribution in [3.63, 3.8) is 0 Å². The third-order valence-electron chi connectivity index (χ3n) is 5.52. The summed E-state index contributed by atoms with van der Waals surface area (Å²) in [6.07, 6.45) is 2.01. The Bertz CT molecular complexity index is 1060. The van der Waals surface area contributed by atoms with Crippen LogP contribution in [-0.4, -0.2) is 24.4 Å². The summed E-state index contributed by atoms with van der Waals surface area (Å²) in [5, 5.41) is 0. The number of hydrogen-bond acceptors (Lipinski definition) is 4. The number of rotatable bonds is 8. The molecular weight excluding hydrogens is 435 g/mol. The van der Waals surface area contributed by atoms with Crippen LogP contribution in [0.4, 0.5) is 0 Å². The Labute approximate surface area is 195 Å². The average molecular weight is 465 g/mol. The highest BCUT2D eigenvalue weighted by Gasteiger charge is 2.33. The van der Waals surface area contributed by atoms with Crippen molar-refractivity contribution in [3.05, 3.63) is 90.5 Å². The van der Waals surface area contributed by atoms with Crippen LogP contribution in [0.25, 0.3) is 0 Å². The van der Waals surface area contributed by atoms with Gasteiger partial charge < -0.3 is 18.7 Å². The largest absolute Gasteiger partial charge is 0.564 e. The summed E-state index contributed by atoms with van der Waals surface area (Å²) in [5.41, 5.74) is 1.13. The van der Waals surface area contributed by atoms with Gasteiger partial charge in [0.15, 0.2) is 0 Å². The molecule has 3 aromatic rings. The van der Waals surface area contributed by atoms with Crippen LogP contribution in [0.5, 0.6) is 17.2 Å². The summed E-state index contributed by atoms with van der Waals surface area (Å²) >= 11 is 0. The molecule has 0 bridgehead atoms. The van der Waals surface area contributed by atoms with Gasteiger partial charge in [-0.2, -0.15) is 0 Å². The molecule has 0 saturated carbocycles. The summed E-state index contributed by atoms with van der Waals surface area (Å²) < 4.78 is 35.7. The highest BCUT2D eigenvalue weighted by atomic mass is 31.2. The number of nitrogens with zero attached hydrogens (tertiary/aromatic N) is 2. The molecule has 0 spiro atoms. The minimum Gasteiger partial charge on any atom is -0.497 e. The van der Waals surface area contributed by atoms with Crippen LogP contribution in [0.1, 0.15) is 25.3 Å². The van der Waals surface area contributed by atoms with Gasteiger partial charge in [-0.15, -0.1) is 4.76 Å². The zero-order valence-electron chi connectivity index (χ0n) is 19.0. The van der Waals surface area contributed by atoms with Crippen LogP contribution in [0.3, 0.4) is 0 Å². The minimum absolute atomic E-state index is 0.129. The summed E-state index contributed by atoms with van der Waals surface area (Å²) in [7, 11) is -2.24. The Hall–Kier alpha value is -3.24. The third kappa shape index (κ3) is 6.17. The van der Waals surface area contributed by atoms with E-state index in [0.29, 0.717) is 18.0 Å². The van der Waals surface area contributed by atoms with Crippen molar-refractivity contribution < 1.29 is 18.3 Å². The summed E-state index contributed by atoms with van der Waals surface area (Å²) in [6.45, 7) is 3.59. The number of piperidine rings is 1. The Morgan fingerprint density at radius 3 is 2.00 bits per heavy atom. The van der Waals surface area contributed by atoms with Crippen molar-refractivity contribution in [1.29, 1.82) is 0 Å². The average Bonchev–Trinajstić information content (AvgIpc) is 2.83. The van der Waals surface area contributed by atoms with Crippen molar-refractivity contribution in [2.24, 2.45) is 10.7 Å². The van der Waals surface area contributed by atoms with Crippen LogP contribution >= 0.6 is 7.75 Å². The molecule has 33 heavy (non-hydrogen) atoms. The Morgan fingerprint density at radius 1 is 0.879 bits per heavy atom. The lowest BCUT2D eigenvalue weighted by Crippen LogP contribution is -2.40. The van der Waals surface area contributed by atoms with Crippen molar-refractivity contribution >= 4 is 13.6 Å². The molecule has 0 radical (unpaired) electrons. The number of hydrogen-bond donors (Lipinski definition) is 0. The van der Waals surface area contributed by atoms with E-state index in [1.165, 1.54) is 0 Å². The molecule has 6 nitrogen and oxygen atoms in total. The second-order valence-electron chi connectivity index (χ2n) is 8.05. The van der Waals surface area contributed by atoms with E-state index >= 15 is 0 Å². The van der Waals surface area contributed by atoms with Crippen molar-refractivity contribution in [2.45, 2.75) is 26.3 Å². The molecule has 0 amide bonds. The van der Waals surface area contributed by atoms with Gasteiger partial charge in [-0.1, -0.05) is 55.5 Å². The lowest BCUT2D eigenvalue weighted by Gasteiger charge is -2.35. The quantitative estimate of drug-likeness (QED) is 0.352. The predicted octanol–water partition coefficient (Wildman–Crippen LogP) is 6.59. The Balaban J connectivity index is 1.66. The van der Waals surface area contributed by atoms with Gasteiger partial charge in [-0.3, -0.25) is 0 Å². The van der Waals surface area contributed by atoms with Crippen LogP contribution in [0.2, 0.25) is 0 Å². The maximum Gasteiger partial charge on any atom is 0.564 e. The van der Waals surface area contributed by atoms with Crippen molar-refractivity contribution in [1.82, 2.24) is 4.90 Å². The number of methoxy groups -OCH3 is 1. The molecule has 0 aliphatic carbocycles. The molecule has 0 aromatic heterocycles. The molecule has 1 saturated heterocycles. The smallest absolute Gasteiger partial charge is 0.497 e. The van der Waals surface area contributed by atoms with Gasteiger partial charge in [0.05, 0.1) is 7.11 Å². The van der Waals surface area contributed by atoms with Gasteiger partial charge in [0.1, 0.15) is 23.1 Å². The zero-order chi connectivity index (χ0) is 23.1. The van der Waals surface area contributed by atoms with Gasteiger partial charge in [0.2, 0.25) is 0 Å². The van der Waals surface area contributed by atoms with E-state index in [0.717, 1.165) is 36.5 Å². The monoisotopic (exact) mass is 464 g/mol. The van der Waals surface area contributed by atoms with E-state index in [1.54, 1.807) is 31.4 Å². The molecule has 0 N–H and O–H groups in total. The van der Waals surface area contributed by atoms with E-state index in [1.807, 2.05) is 60.7 Å². The van der Waals surface area contributed by atoms with Crippen LogP contribution in [0.15, 0.2) is 89.7 Å². The second kappa shape index (κ2) is 10.6. The lowest BCUT2D eigenvalue weighted by molar-refractivity contribution is 0.328. The molecular formula is C26H29N2O4P. The molecule has 1 aliphatic heterocycles. The lowest BCUT2D eigenvalue weighted by atomic mass is 9.98. The molecule has 1 aliphatic rings. The fourth-order valence-electron chi connectivity index (χ4n) is 3.83. The molecule has 4 rings (SSSR count). The van der Waals surface area contributed by atoms with E-state index in [4.69, 9.17) is 13.8 Å². The van der Waals surface area contributed by atoms with Gasteiger partial charge >= 0.3 is 7.75 Å². The Morgan fingerprint density at radius 2 is 1.45 bits per heavy atom. The van der Waals surface area contributed by atoms with Crippen molar-refractivity contribution in [2.75, 3.05) is 13.7 Å². The van der Waals surface area contributed by atoms with Crippen LogP contribution in [0, 0.1) is 5.92 Å². The normalized spacial score (nSPS) is 17.6.